The summed E-state index contributed by atoms with van der Waals surface area (Å²) in [6, 6.07) is 13.4. The molecule has 8 heteroatoms. The van der Waals surface area contributed by atoms with Gasteiger partial charge in [-0.1, -0.05) is 25.6 Å². The van der Waals surface area contributed by atoms with Crippen molar-refractivity contribution in [2.24, 2.45) is 0 Å². The SMILES string of the molecule is C=C(Nc1ccc(CC)c(S(=O)(=O)Nc2cccc(C#N)c2)c1)c1[nH]c(C)c(C(C)=O)c1C. The number of aromatic nitrogens is 1. The number of hydrogen-bond donors (Lipinski definition) is 3. The van der Waals surface area contributed by atoms with Gasteiger partial charge in [0.1, 0.15) is 0 Å². The summed E-state index contributed by atoms with van der Waals surface area (Å²) in [5.41, 5.74) is 5.24. The molecule has 2 aromatic carbocycles. The Bertz CT molecular complexity index is 1400. The van der Waals surface area contributed by atoms with Gasteiger partial charge in [0.05, 0.1) is 33.6 Å². The van der Waals surface area contributed by atoms with E-state index in [0.717, 1.165) is 11.3 Å². The van der Waals surface area contributed by atoms with Crippen molar-refractivity contribution in [3.63, 3.8) is 0 Å². The zero-order valence-corrected chi connectivity index (χ0v) is 19.9. The Kier molecular flexibility index (Phi) is 6.75. The quantitative estimate of drug-likeness (QED) is 0.400. The van der Waals surface area contributed by atoms with Crippen LogP contribution in [-0.2, 0) is 16.4 Å². The maximum atomic E-state index is 13.2. The van der Waals surface area contributed by atoms with E-state index in [0.29, 0.717) is 45.9 Å². The normalized spacial score (nSPS) is 11.0. The van der Waals surface area contributed by atoms with Gasteiger partial charge in [0.15, 0.2) is 5.78 Å². The van der Waals surface area contributed by atoms with Crippen molar-refractivity contribution in [2.45, 2.75) is 39.0 Å². The van der Waals surface area contributed by atoms with Crippen molar-refractivity contribution in [3.8, 4) is 6.07 Å². The van der Waals surface area contributed by atoms with Gasteiger partial charge < -0.3 is 10.3 Å². The molecule has 0 saturated carbocycles. The maximum Gasteiger partial charge on any atom is 0.262 e. The second-order valence-electron chi connectivity index (χ2n) is 7.76. The third-order valence-electron chi connectivity index (χ3n) is 5.37. The number of aromatic amines is 1. The molecule has 3 N–H and O–H groups in total. The number of aryl methyl sites for hydroxylation is 2. The molecule has 3 rings (SSSR count). The van der Waals surface area contributed by atoms with E-state index >= 15 is 0 Å². The van der Waals surface area contributed by atoms with E-state index in [1.807, 2.05) is 26.8 Å². The standard InChI is InChI=1S/C25H26N4O3S/c1-6-20-10-11-21(27-17(4)25-15(2)24(18(5)30)16(3)28-25)13-23(20)33(31,32)29-22-9-7-8-19(12-22)14-26/h7-13,27-29H,4,6H2,1-3,5H3. The average molecular weight is 463 g/mol. The molecule has 0 unspecified atom stereocenters. The highest BCUT2D eigenvalue weighted by atomic mass is 32.2. The lowest BCUT2D eigenvalue weighted by molar-refractivity contribution is 0.101. The smallest absolute Gasteiger partial charge is 0.262 e. The van der Waals surface area contributed by atoms with Crippen LogP contribution >= 0.6 is 0 Å². The topological polar surface area (TPSA) is 115 Å². The number of anilines is 2. The van der Waals surface area contributed by atoms with Crippen LogP contribution in [0.1, 0.15) is 52.3 Å². The van der Waals surface area contributed by atoms with E-state index in [4.69, 9.17) is 5.26 Å². The van der Waals surface area contributed by atoms with Crippen LogP contribution in [0, 0.1) is 25.2 Å². The molecule has 3 aromatic rings. The van der Waals surface area contributed by atoms with E-state index in [-0.39, 0.29) is 10.7 Å². The van der Waals surface area contributed by atoms with Crippen molar-refractivity contribution in [2.75, 3.05) is 10.0 Å². The number of H-pyrrole nitrogens is 1. The second kappa shape index (κ2) is 9.35. The molecule has 0 bridgehead atoms. The lowest BCUT2D eigenvalue weighted by Gasteiger charge is -2.15. The van der Waals surface area contributed by atoms with Gasteiger partial charge in [-0.25, -0.2) is 8.42 Å². The third kappa shape index (κ3) is 4.99. The molecule has 33 heavy (non-hydrogen) atoms. The lowest BCUT2D eigenvalue weighted by atomic mass is 10.1. The number of sulfonamides is 1. The van der Waals surface area contributed by atoms with Gasteiger partial charge >= 0.3 is 0 Å². The van der Waals surface area contributed by atoms with Crippen LogP contribution in [0.25, 0.3) is 5.70 Å². The van der Waals surface area contributed by atoms with Crippen LogP contribution < -0.4 is 10.0 Å². The van der Waals surface area contributed by atoms with Gasteiger partial charge in [-0.15, -0.1) is 0 Å². The zero-order chi connectivity index (χ0) is 24.3. The summed E-state index contributed by atoms with van der Waals surface area (Å²) >= 11 is 0. The number of rotatable bonds is 8. The number of ketones is 1. The summed E-state index contributed by atoms with van der Waals surface area (Å²) < 4.78 is 28.9. The van der Waals surface area contributed by atoms with Crippen LogP contribution in [0.3, 0.4) is 0 Å². The average Bonchev–Trinajstić information content (AvgIpc) is 3.07. The number of benzene rings is 2. The molecule has 1 aromatic heterocycles. The van der Waals surface area contributed by atoms with Gasteiger partial charge in [-0.3, -0.25) is 9.52 Å². The van der Waals surface area contributed by atoms with E-state index in [9.17, 15) is 13.2 Å². The minimum absolute atomic E-state index is 0.0347. The Morgan fingerprint density at radius 1 is 1.15 bits per heavy atom. The first kappa shape index (κ1) is 23.8. The van der Waals surface area contributed by atoms with Gasteiger partial charge in [0.2, 0.25) is 0 Å². The van der Waals surface area contributed by atoms with Crippen molar-refractivity contribution in [1.82, 2.24) is 4.98 Å². The molecule has 170 valence electrons. The highest BCUT2D eigenvalue weighted by molar-refractivity contribution is 7.92. The van der Waals surface area contributed by atoms with Crippen molar-refractivity contribution in [1.29, 1.82) is 5.26 Å². The molecule has 0 fully saturated rings. The Hall–Kier alpha value is -3.83. The summed E-state index contributed by atoms with van der Waals surface area (Å²) in [5.74, 6) is -0.0347. The van der Waals surface area contributed by atoms with Crippen LogP contribution in [0.15, 0.2) is 53.9 Å². The Balaban J connectivity index is 1.94. The van der Waals surface area contributed by atoms with Crippen LogP contribution in [0.4, 0.5) is 11.4 Å². The molecular weight excluding hydrogens is 436 g/mol. The fourth-order valence-corrected chi connectivity index (χ4v) is 5.24. The Labute approximate surface area is 194 Å². The molecular formula is C25H26N4O3S. The van der Waals surface area contributed by atoms with E-state index < -0.39 is 10.0 Å². The molecule has 0 saturated heterocycles. The van der Waals surface area contributed by atoms with Gasteiger partial charge in [-0.2, -0.15) is 5.26 Å². The molecule has 7 nitrogen and oxygen atoms in total. The summed E-state index contributed by atoms with van der Waals surface area (Å²) in [4.78, 5) is 15.3. The molecule has 1 heterocycles. The maximum absolute atomic E-state index is 13.2. The van der Waals surface area contributed by atoms with Crippen molar-refractivity contribution in [3.05, 3.63) is 82.7 Å². The molecule has 0 aliphatic heterocycles. The fraction of sp³-hybridized carbons (Fsp3) is 0.200. The predicted octanol–water partition coefficient (Wildman–Crippen LogP) is 5.15. The summed E-state index contributed by atoms with van der Waals surface area (Å²) in [7, 11) is -3.91. The van der Waals surface area contributed by atoms with E-state index in [1.54, 1.807) is 36.4 Å². The van der Waals surface area contributed by atoms with E-state index in [2.05, 4.69) is 21.6 Å². The summed E-state index contributed by atoms with van der Waals surface area (Å²) in [6.45, 7) is 11.1. The Morgan fingerprint density at radius 2 is 1.88 bits per heavy atom. The first-order valence-corrected chi connectivity index (χ1v) is 11.9. The van der Waals surface area contributed by atoms with Crippen molar-refractivity contribution >= 4 is 32.9 Å². The number of hydrogen-bond acceptors (Lipinski definition) is 5. The lowest BCUT2D eigenvalue weighted by Crippen LogP contribution is -2.15. The number of nitrogens with zero attached hydrogens (tertiary/aromatic N) is 1. The van der Waals surface area contributed by atoms with Crippen LogP contribution in [0.2, 0.25) is 0 Å². The highest BCUT2D eigenvalue weighted by Crippen LogP contribution is 2.28. The van der Waals surface area contributed by atoms with Gasteiger partial charge in [0.25, 0.3) is 10.0 Å². The number of nitrogens with one attached hydrogen (secondary N) is 3. The summed E-state index contributed by atoms with van der Waals surface area (Å²) in [5, 5.41) is 12.2. The monoisotopic (exact) mass is 462 g/mol. The molecule has 0 atom stereocenters. The number of carbonyl (C=O) groups is 1. The first-order valence-electron chi connectivity index (χ1n) is 10.4. The predicted molar refractivity (Wildman–Crippen MR) is 131 cm³/mol. The fourth-order valence-electron chi connectivity index (χ4n) is 3.85. The van der Waals surface area contributed by atoms with Crippen molar-refractivity contribution < 1.29 is 13.2 Å². The zero-order valence-electron chi connectivity index (χ0n) is 19.0. The van der Waals surface area contributed by atoms with Gasteiger partial charge in [0, 0.05) is 16.9 Å². The molecule has 0 aliphatic rings. The van der Waals surface area contributed by atoms with Crippen LogP contribution in [-0.4, -0.2) is 19.2 Å². The minimum atomic E-state index is -3.91. The minimum Gasteiger partial charge on any atom is -0.357 e. The number of nitriles is 1. The van der Waals surface area contributed by atoms with Gasteiger partial charge in [-0.05, 0) is 68.7 Å². The molecule has 0 radical (unpaired) electrons. The van der Waals surface area contributed by atoms with Crippen LogP contribution in [0.5, 0.6) is 0 Å². The van der Waals surface area contributed by atoms with E-state index in [1.165, 1.54) is 13.0 Å². The molecule has 0 aliphatic carbocycles. The number of Topliss-reactive ketones (excluding diaryl/α,β-unsaturated/α-hetero) is 1. The summed E-state index contributed by atoms with van der Waals surface area (Å²) in [6.07, 6.45) is 0.520. The highest BCUT2D eigenvalue weighted by Gasteiger charge is 2.21. The third-order valence-corrected chi connectivity index (χ3v) is 6.83. The first-order chi connectivity index (χ1) is 15.6. The second-order valence-corrected chi connectivity index (χ2v) is 9.41. The molecule has 0 spiro atoms. The Morgan fingerprint density at radius 3 is 2.48 bits per heavy atom. The largest absolute Gasteiger partial charge is 0.357 e. The number of carbonyl (C=O) groups excluding carboxylic acids is 1. The molecule has 0 amide bonds.